The van der Waals surface area contributed by atoms with Crippen LogP contribution in [-0.2, 0) is 6.18 Å². The van der Waals surface area contributed by atoms with Crippen LogP contribution in [0.1, 0.15) is 5.56 Å². The topological polar surface area (TPSA) is 89.8 Å². The standard InChI is InChI=1S/C11H9ClF3N5/c12-6-2-1-5(11(13,14)15)3-7(6)20-10-8(16)9(17)18-4-19-10/h1-4H,16H2,(H3,17,18,19,20). The SMILES string of the molecule is Nc1ncnc(Nc2cc(C(F)(F)F)ccc2Cl)c1N. The first kappa shape index (κ1) is 14.2. The molecule has 0 amide bonds. The third-order valence-electron chi connectivity index (χ3n) is 2.46. The highest BCUT2D eigenvalue weighted by atomic mass is 35.5. The molecule has 0 bridgehead atoms. The number of nitrogen functional groups attached to an aromatic ring is 2. The van der Waals surface area contributed by atoms with E-state index in [2.05, 4.69) is 15.3 Å². The van der Waals surface area contributed by atoms with Gasteiger partial charge in [-0.25, -0.2) is 9.97 Å². The summed E-state index contributed by atoms with van der Waals surface area (Å²) in [5.41, 5.74) is 10.3. The largest absolute Gasteiger partial charge is 0.416 e. The van der Waals surface area contributed by atoms with Crippen LogP contribution >= 0.6 is 11.6 Å². The van der Waals surface area contributed by atoms with Crippen LogP contribution in [0.15, 0.2) is 24.5 Å². The Hall–Kier alpha value is -2.22. The Morgan fingerprint density at radius 3 is 2.50 bits per heavy atom. The predicted octanol–water partition coefficient (Wildman–Crippen LogP) is 3.06. The molecule has 1 aromatic carbocycles. The van der Waals surface area contributed by atoms with Gasteiger partial charge in [0, 0.05) is 0 Å². The number of aromatic nitrogens is 2. The Morgan fingerprint density at radius 1 is 1.15 bits per heavy atom. The molecule has 20 heavy (non-hydrogen) atoms. The minimum atomic E-state index is -4.47. The normalized spacial score (nSPS) is 11.4. The first-order valence-electron chi connectivity index (χ1n) is 5.28. The van der Waals surface area contributed by atoms with Crippen LogP contribution in [-0.4, -0.2) is 9.97 Å². The second-order valence-corrected chi connectivity index (χ2v) is 4.25. The van der Waals surface area contributed by atoms with Crippen LogP contribution in [0, 0.1) is 0 Å². The van der Waals surface area contributed by atoms with Gasteiger partial charge in [-0.2, -0.15) is 13.2 Å². The third-order valence-corrected chi connectivity index (χ3v) is 2.79. The van der Waals surface area contributed by atoms with Gasteiger partial charge in [-0.05, 0) is 18.2 Å². The van der Waals surface area contributed by atoms with Crippen molar-refractivity contribution in [2.75, 3.05) is 16.8 Å². The van der Waals surface area contributed by atoms with Crippen molar-refractivity contribution in [3.8, 4) is 0 Å². The predicted molar refractivity (Wildman–Crippen MR) is 70.6 cm³/mol. The van der Waals surface area contributed by atoms with Gasteiger partial charge in [-0.15, -0.1) is 0 Å². The maximum atomic E-state index is 12.6. The molecule has 0 saturated carbocycles. The summed E-state index contributed by atoms with van der Waals surface area (Å²) in [4.78, 5) is 7.45. The van der Waals surface area contributed by atoms with E-state index in [1.165, 1.54) is 0 Å². The summed E-state index contributed by atoms with van der Waals surface area (Å²) < 4.78 is 37.9. The molecule has 0 aliphatic rings. The minimum absolute atomic E-state index is 0.0191. The highest BCUT2D eigenvalue weighted by molar-refractivity contribution is 6.33. The van der Waals surface area contributed by atoms with Crippen molar-refractivity contribution in [3.63, 3.8) is 0 Å². The van der Waals surface area contributed by atoms with E-state index in [0.29, 0.717) is 0 Å². The van der Waals surface area contributed by atoms with Crippen molar-refractivity contribution < 1.29 is 13.2 Å². The lowest BCUT2D eigenvalue weighted by Crippen LogP contribution is -2.07. The molecule has 5 nitrogen and oxygen atoms in total. The summed E-state index contributed by atoms with van der Waals surface area (Å²) in [6, 6.07) is 2.87. The first-order chi connectivity index (χ1) is 9.29. The van der Waals surface area contributed by atoms with E-state index in [1.54, 1.807) is 0 Å². The van der Waals surface area contributed by atoms with Gasteiger partial charge in [0.05, 0.1) is 16.3 Å². The van der Waals surface area contributed by atoms with E-state index in [4.69, 9.17) is 23.1 Å². The summed E-state index contributed by atoms with van der Waals surface area (Å²) in [5, 5.41) is 2.70. The number of anilines is 4. The Labute approximate surface area is 116 Å². The molecule has 0 unspecified atom stereocenters. The lowest BCUT2D eigenvalue weighted by molar-refractivity contribution is -0.137. The van der Waals surface area contributed by atoms with E-state index in [1.807, 2.05) is 0 Å². The number of benzene rings is 1. The summed E-state index contributed by atoms with van der Waals surface area (Å²) in [5.74, 6) is 0.101. The average Bonchev–Trinajstić information content (AvgIpc) is 2.36. The number of hydrogen-bond acceptors (Lipinski definition) is 5. The van der Waals surface area contributed by atoms with Crippen molar-refractivity contribution in [1.29, 1.82) is 0 Å². The molecule has 106 valence electrons. The summed E-state index contributed by atoms with van der Waals surface area (Å²) in [6.07, 6.45) is -3.34. The molecular formula is C11H9ClF3N5. The van der Waals surface area contributed by atoms with Gasteiger partial charge in [0.1, 0.15) is 12.0 Å². The fourth-order valence-corrected chi connectivity index (χ4v) is 1.60. The van der Waals surface area contributed by atoms with E-state index in [-0.39, 0.29) is 28.0 Å². The molecule has 0 fully saturated rings. The Bertz CT molecular complexity index is 644. The maximum Gasteiger partial charge on any atom is 0.416 e. The molecule has 9 heteroatoms. The highest BCUT2D eigenvalue weighted by Crippen LogP contribution is 2.35. The third kappa shape index (κ3) is 2.85. The smallest absolute Gasteiger partial charge is 0.393 e. The van der Waals surface area contributed by atoms with Crippen LogP contribution in [0.4, 0.5) is 36.2 Å². The lowest BCUT2D eigenvalue weighted by Gasteiger charge is -2.13. The maximum absolute atomic E-state index is 12.6. The molecule has 0 aliphatic carbocycles. The van der Waals surface area contributed by atoms with Gasteiger partial charge in [-0.3, -0.25) is 0 Å². The molecule has 1 aromatic heterocycles. The van der Waals surface area contributed by atoms with Crippen LogP contribution in [0.2, 0.25) is 5.02 Å². The number of nitrogens with one attached hydrogen (secondary N) is 1. The van der Waals surface area contributed by atoms with E-state index >= 15 is 0 Å². The van der Waals surface area contributed by atoms with Crippen LogP contribution in [0.5, 0.6) is 0 Å². The number of hydrogen-bond donors (Lipinski definition) is 3. The number of alkyl halides is 3. The number of halogens is 4. The minimum Gasteiger partial charge on any atom is -0.393 e. The molecular weight excluding hydrogens is 295 g/mol. The average molecular weight is 304 g/mol. The van der Waals surface area contributed by atoms with Gasteiger partial charge in [0.25, 0.3) is 0 Å². The van der Waals surface area contributed by atoms with Gasteiger partial charge in [-0.1, -0.05) is 11.6 Å². The van der Waals surface area contributed by atoms with Crippen LogP contribution in [0.25, 0.3) is 0 Å². The van der Waals surface area contributed by atoms with Gasteiger partial charge in [0.2, 0.25) is 0 Å². The summed E-state index contributed by atoms with van der Waals surface area (Å²) in [6.45, 7) is 0. The van der Waals surface area contributed by atoms with Gasteiger partial charge in [0.15, 0.2) is 11.6 Å². The van der Waals surface area contributed by atoms with Gasteiger partial charge < -0.3 is 16.8 Å². The van der Waals surface area contributed by atoms with E-state index in [0.717, 1.165) is 24.5 Å². The van der Waals surface area contributed by atoms with Crippen LogP contribution in [0.3, 0.4) is 0 Å². The van der Waals surface area contributed by atoms with Gasteiger partial charge >= 0.3 is 6.18 Å². The summed E-state index contributed by atoms with van der Waals surface area (Å²) in [7, 11) is 0. The molecule has 1 heterocycles. The van der Waals surface area contributed by atoms with Crippen molar-refractivity contribution >= 4 is 34.6 Å². The van der Waals surface area contributed by atoms with Crippen LogP contribution < -0.4 is 16.8 Å². The zero-order chi connectivity index (χ0) is 14.9. The zero-order valence-electron chi connectivity index (χ0n) is 9.87. The number of nitrogens with two attached hydrogens (primary N) is 2. The lowest BCUT2D eigenvalue weighted by atomic mass is 10.2. The fourth-order valence-electron chi connectivity index (χ4n) is 1.43. The van der Waals surface area contributed by atoms with Crippen molar-refractivity contribution in [3.05, 3.63) is 35.1 Å². The molecule has 2 rings (SSSR count). The Kier molecular flexibility index (Phi) is 3.58. The summed E-state index contributed by atoms with van der Waals surface area (Å²) >= 11 is 5.84. The first-order valence-corrected chi connectivity index (χ1v) is 5.66. The monoisotopic (exact) mass is 303 g/mol. The molecule has 0 saturated heterocycles. The fraction of sp³-hybridized carbons (Fsp3) is 0.0909. The quantitative estimate of drug-likeness (QED) is 0.793. The molecule has 5 N–H and O–H groups in total. The van der Waals surface area contributed by atoms with Crippen molar-refractivity contribution in [2.24, 2.45) is 0 Å². The van der Waals surface area contributed by atoms with Crippen molar-refractivity contribution in [1.82, 2.24) is 9.97 Å². The van der Waals surface area contributed by atoms with Crippen molar-refractivity contribution in [2.45, 2.75) is 6.18 Å². The Balaban J connectivity index is 2.41. The molecule has 0 radical (unpaired) electrons. The molecule has 0 spiro atoms. The highest BCUT2D eigenvalue weighted by Gasteiger charge is 2.31. The second-order valence-electron chi connectivity index (χ2n) is 3.84. The molecule has 0 atom stereocenters. The van der Waals surface area contributed by atoms with E-state index < -0.39 is 11.7 Å². The van der Waals surface area contributed by atoms with E-state index in [9.17, 15) is 13.2 Å². The Morgan fingerprint density at radius 2 is 1.85 bits per heavy atom. The zero-order valence-corrected chi connectivity index (χ0v) is 10.6. The molecule has 2 aromatic rings. The number of rotatable bonds is 2. The molecule has 0 aliphatic heterocycles. The second kappa shape index (κ2) is 5.04. The number of nitrogens with zero attached hydrogens (tertiary/aromatic N) is 2.